The summed E-state index contributed by atoms with van der Waals surface area (Å²) in [6, 6.07) is 10.1. The topological polar surface area (TPSA) is 104 Å². The van der Waals surface area contributed by atoms with Gasteiger partial charge in [0.1, 0.15) is 27.0 Å². The van der Waals surface area contributed by atoms with E-state index in [0.717, 1.165) is 50.5 Å². The van der Waals surface area contributed by atoms with Crippen molar-refractivity contribution < 1.29 is 14.4 Å². The fraction of sp³-hybridized carbons (Fsp3) is 0.304. The van der Waals surface area contributed by atoms with Gasteiger partial charge < -0.3 is 20.1 Å². The van der Waals surface area contributed by atoms with Crippen LogP contribution in [0, 0.1) is 0 Å². The number of hydrogen-bond donors (Lipinski definition) is 2. The molecule has 1 aromatic carbocycles. The number of aliphatic hydroxyl groups excluding tert-OH is 1. The Morgan fingerprint density at radius 2 is 2.06 bits per heavy atom. The van der Waals surface area contributed by atoms with Gasteiger partial charge in [-0.3, -0.25) is 0 Å². The van der Waals surface area contributed by atoms with Gasteiger partial charge in [-0.1, -0.05) is 48.9 Å². The van der Waals surface area contributed by atoms with Crippen molar-refractivity contribution in [1.29, 1.82) is 0 Å². The Labute approximate surface area is 198 Å². The maximum absolute atomic E-state index is 12.9. The first kappa shape index (κ1) is 23.2. The Kier molecular flexibility index (Phi) is 7.77. The first-order valence-corrected chi connectivity index (χ1v) is 13.4. The number of hydrogen-bond acceptors (Lipinski definition) is 8. The van der Waals surface area contributed by atoms with E-state index < -0.39 is 11.2 Å². The van der Waals surface area contributed by atoms with Crippen LogP contribution in [-0.4, -0.2) is 38.6 Å². The molecular weight excluding hydrogens is 462 g/mol. The number of aliphatic hydroxyl groups is 1. The largest absolute Gasteiger partial charge is 0.611 e. The van der Waals surface area contributed by atoms with Crippen molar-refractivity contribution in [2.45, 2.75) is 30.6 Å². The van der Waals surface area contributed by atoms with Crippen LogP contribution < -0.4 is 5.73 Å². The van der Waals surface area contributed by atoms with Crippen LogP contribution in [0.25, 0.3) is 32.0 Å². The number of fused-ring (bicyclic) bond motifs is 1. The molecule has 0 aliphatic carbocycles. The summed E-state index contributed by atoms with van der Waals surface area (Å²) in [4.78, 5) is 10.0. The van der Waals surface area contributed by atoms with Crippen LogP contribution in [0.2, 0.25) is 0 Å². The Morgan fingerprint density at radius 3 is 2.75 bits per heavy atom. The molecule has 0 saturated carbocycles. The second-order valence-electron chi connectivity index (χ2n) is 7.25. The van der Waals surface area contributed by atoms with Crippen LogP contribution in [0.5, 0.6) is 0 Å². The summed E-state index contributed by atoms with van der Waals surface area (Å²) >= 11 is 1.81. The van der Waals surface area contributed by atoms with E-state index in [1.165, 1.54) is 22.7 Å². The van der Waals surface area contributed by atoms with E-state index in [1.54, 1.807) is 6.20 Å². The maximum atomic E-state index is 12.9. The van der Waals surface area contributed by atoms with E-state index in [4.69, 9.17) is 20.6 Å². The second-order valence-corrected chi connectivity index (χ2v) is 10.9. The van der Waals surface area contributed by atoms with Crippen LogP contribution in [0.1, 0.15) is 25.3 Å². The molecule has 0 fully saturated rings. The van der Waals surface area contributed by atoms with Crippen LogP contribution in [0.15, 0.2) is 46.1 Å². The van der Waals surface area contributed by atoms with Gasteiger partial charge in [0.25, 0.3) is 0 Å². The number of nitrogens with zero attached hydrogens (tertiary/aromatic N) is 2. The summed E-state index contributed by atoms with van der Waals surface area (Å²) in [5.41, 5.74) is 10.9. The van der Waals surface area contributed by atoms with E-state index in [1.807, 2.05) is 35.7 Å². The van der Waals surface area contributed by atoms with Gasteiger partial charge in [0, 0.05) is 17.0 Å². The Bertz CT molecular complexity index is 1160. The molecule has 3 heterocycles. The monoisotopic (exact) mass is 487 g/mol. The molecule has 4 aromatic rings. The average Bonchev–Trinajstić information content (AvgIpc) is 3.46. The molecule has 0 saturated heterocycles. The van der Waals surface area contributed by atoms with E-state index in [2.05, 4.69) is 11.9 Å². The number of aromatic nitrogens is 2. The standard InChI is InChI=1S/C23H25N3O3S3/c1-2-3-12-32(28)23-20(24)19-17(16-6-4-15(5-7-16)14-29-10-9-27)13-18(26-22(19)31-23)21-25-8-11-30-21/h4-8,11,13,27H,2-3,9-10,12,14,24H2,1H3. The Hall–Kier alpha value is -2.01. The molecule has 32 heavy (non-hydrogen) atoms. The summed E-state index contributed by atoms with van der Waals surface area (Å²) in [5, 5.41) is 12.5. The minimum absolute atomic E-state index is 0.00596. The van der Waals surface area contributed by atoms with E-state index in [0.29, 0.717) is 28.9 Å². The van der Waals surface area contributed by atoms with Gasteiger partial charge in [0.05, 0.1) is 19.8 Å². The van der Waals surface area contributed by atoms with Crippen molar-refractivity contribution in [3.8, 4) is 21.8 Å². The number of benzene rings is 1. The lowest BCUT2D eigenvalue weighted by molar-refractivity contribution is 0.0815. The Balaban J connectivity index is 1.79. The highest BCUT2D eigenvalue weighted by Gasteiger charge is 2.25. The van der Waals surface area contributed by atoms with Crippen LogP contribution in [0.4, 0.5) is 5.69 Å². The van der Waals surface area contributed by atoms with Crippen molar-refractivity contribution in [1.82, 2.24) is 9.97 Å². The summed E-state index contributed by atoms with van der Waals surface area (Å²) < 4.78 is 19.0. The number of unbranched alkanes of at least 4 members (excludes halogenated alkanes) is 1. The molecule has 1 unspecified atom stereocenters. The van der Waals surface area contributed by atoms with Crippen molar-refractivity contribution in [3.05, 3.63) is 47.5 Å². The van der Waals surface area contributed by atoms with Crippen molar-refractivity contribution in [2.24, 2.45) is 0 Å². The van der Waals surface area contributed by atoms with Crippen molar-refractivity contribution in [2.75, 3.05) is 24.7 Å². The number of thiophene rings is 1. The summed E-state index contributed by atoms with van der Waals surface area (Å²) in [7, 11) is 0. The number of thiazole rings is 1. The minimum atomic E-state index is -1.14. The number of rotatable bonds is 10. The highest BCUT2D eigenvalue weighted by molar-refractivity contribution is 7.93. The normalized spacial score (nSPS) is 12.5. The molecule has 0 bridgehead atoms. The molecule has 0 amide bonds. The maximum Gasteiger partial charge on any atom is 0.232 e. The zero-order valence-electron chi connectivity index (χ0n) is 17.7. The third-order valence-electron chi connectivity index (χ3n) is 4.98. The van der Waals surface area contributed by atoms with Gasteiger partial charge in [-0.25, -0.2) is 9.97 Å². The number of pyridine rings is 1. The number of anilines is 1. The van der Waals surface area contributed by atoms with E-state index >= 15 is 0 Å². The van der Waals surface area contributed by atoms with Gasteiger partial charge in [-0.05, 0) is 40.4 Å². The molecule has 0 spiro atoms. The molecule has 3 aromatic heterocycles. The Morgan fingerprint density at radius 1 is 1.25 bits per heavy atom. The molecule has 9 heteroatoms. The van der Waals surface area contributed by atoms with Gasteiger partial charge >= 0.3 is 0 Å². The number of ether oxygens (including phenoxy) is 1. The SMILES string of the molecule is CCCC[S+]([O-])c1sc2nc(-c3nccs3)cc(-c3ccc(COCCO)cc3)c2c1N. The molecular formula is C23H25N3O3S3. The number of nitrogen functional groups attached to an aromatic ring is 1. The minimum Gasteiger partial charge on any atom is -0.611 e. The lowest BCUT2D eigenvalue weighted by Crippen LogP contribution is -2.06. The molecule has 1 atom stereocenters. The molecule has 6 nitrogen and oxygen atoms in total. The smallest absolute Gasteiger partial charge is 0.232 e. The summed E-state index contributed by atoms with van der Waals surface area (Å²) in [5.74, 6) is 0.602. The highest BCUT2D eigenvalue weighted by atomic mass is 32.2. The van der Waals surface area contributed by atoms with Gasteiger partial charge in [-0.2, -0.15) is 0 Å². The molecule has 3 N–H and O–H groups in total. The molecule has 168 valence electrons. The highest BCUT2D eigenvalue weighted by Crippen LogP contribution is 2.43. The third kappa shape index (κ3) is 4.98. The fourth-order valence-electron chi connectivity index (χ4n) is 3.36. The van der Waals surface area contributed by atoms with Crippen LogP contribution >= 0.6 is 22.7 Å². The lowest BCUT2D eigenvalue weighted by Gasteiger charge is -2.10. The van der Waals surface area contributed by atoms with Gasteiger partial charge in [0.15, 0.2) is 0 Å². The predicted molar refractivity (Wildman–Crippen MR) is 134 cm³/mol. The zero-order valence-corrected chi connectivity index (χ0v) is 20.2. The average molecular weight is 488 g/mol. The molecule has 0 aliphatic heterocycles. The van der Waals surface area contributed by atoms with E-state index in [9.17, 15) is 4.55 Å². The van der Waals surface area contributed by atoms with Crippen molar-refractivity contribution in [3.63, 3.8) is 0 Å². The van der Waals surface area contributed by atoms with E-state index in [-0.39, 0.29) is 6.61 Å². The molecule has 0 aliphatic rings. The van der Waals surface area contributed by atoms with Gasteiger partial charge in [0.2, 0.25) is 4.21 Å². The molecule has 4 rings (SSSR count). The second kappa shape index (κ2) is 10.7. The first-order valence-electron chi connectivity index (χ1n) is 10.4. The van der Waals surface area contributed by atoms with Gasteiger partial charge in [-0.15, -0.1) is 11.3 Å². The zero-order chi connectivity index (χ0) is 22.5. The predicted octanol–water partition coefficient (Wildman–Crippen LogP) is 5.09. The quantitative estimate of drug-likeness (QED) is 0.239. The third-order valence-corrected chi connectivity index (χ3v) is 8.77. The first-order chi connectivity index (χ1) is 15.6. The number of nitrogens with two attached hydrogens (primary N) is 1. The summed E-state index contributed by atoms with van der Waals surface area (Å²) in [6.07, 6.45) is 3.65. The van der Waals surface area contributed by atoms with Crippen LogP contribution in [0.3, 0.4) is 0 Å². The lowest BCUT2D eigenvalue weighted by atomic mass is 10.0. The summed E-state index contributed by atoms with van der Waals surface area (Å²) in [6.45, 7) is 2.85. The fourth-order valence-corrected chi connectivity index (χ4v) is 6.75. The van der Waals surface area contributed by atoms with Crippen LogP contribution in [-0.2, 0) is 22.5 Å². The molecule has 0 radical (unpaired) electrons. The van der Waals surface area contributed by atoms with Crippen molar-refractivity contribution >= 4 is 49.8 Å².